The molecule has 3 heterocycles. The van der Waals surface area contributed by atoms with Gasteiger partial charge in [0, 0.05) is 48.5 Å². The summed E-state index contributed by atoms with van der Waals surface area (Å²) in [6.45, 7) is 4.24. The highest BCUT2D eigenvalue weighted by molar-refractivity contribution is 7.19. The summed E-state index contributed by atoms with van der Waals surface area (Å²) in [4.78, 5) is 34.3. The minimum atomic E-state index is -0.214. The number of anilines is 2. The second-order valence-electron chi connectivity index (χ2n) is 7.78. The van der Waals surface area contributed by atoms with Crippen molar-refractivity contribution in [3.63, 3.8) is 0 Å². The molecule has 1 fully saturated rings. The number of carbonyl (C=O) groups excluding carboxylic acids is 1. The van der Waals surface area contributed by atoms with Gasteiger partial charge in [-0.05, 0) is 36.8 Å². The van der Waals surface area contributed by atoms with Gasteiger partial charge in [0.15, 0.2) is 0 Å². The molecular formula is C23H21ClN6O2S. The summed E-state index contributed by atoms with van der Waals surface area (Å²) in [5.74, 6) is 0.609. The van der Waals surface area contributed by atoms with Crippen molar-refractivity contribution in [3.8, 4) is 10.6 Å². The van der Waals surface area contributed by atoms with Crippen LogP contribution in [-0.4, -0.2) is 51.7 Å². The zero-order chi connectivity index (χ0) is 22.9. The maximum Gasteiger partial charge on any atom is 0.321 e. The molecule has 2 aromatic heterocycles. The molecular weight excluding hydrogens is 460 g/mol. The first kappa shape index (κ1) is 21.4. The highest BCUT2D eigenvalue weighted by atomic mass is 35.5. The van der Waals surface area contributed by atoms with Gasteiger partial charge in [-0.3, -0.25) is 4.79 Å². The number of aryl methyl sites for hydroxylation is 1. The largest absolute Gasteiger partial charge is 0.353 e. The fourth-order valence-corrected chi connectivity index (χ4v) is 4.87. The van der Waals surface area contributed by atoms with Gasteiger partial charge in [0.2, 0.25) is 4.96 Å². The second kappa shape index (κ2) is 8.84. The third-order valence-corrected chi connectivity index (χ3v) is 6.79. The lowest BCUT2D eigenvalue weighted by Gasteiger charge is -2.35. The summed E-state index contributed by atoms with van der Waals surface area (Å²) < 4.78 is 1.35. The number of benzene rings is 2. The molecule has 5 rings (SSSR count). The van der Waals surface area contributed by atoms with Crippen molar-refractivity contribution in [1.82, 2.24) is 19.5 Å². The lowest BCUT2D eigenvalue weighted by molar-refractivity contribution is 0.208. The molecule has 33 heavy (non-hydrogen) atoms. The Kier molecular flexibility index (Phi) is 5.74. The predicted octanol–water partition coefficient (Wildman–Crippen LogP) is 4.13. The Balaban J connectivity index is 1.30. The minimum Gasteiger partial charge on any atom is -0.353 e. The Bertz CT molecular complexity index is 1380. The molecule has 2 aromatic carbocycles. The standard InChI is InChI=1S/C23H21ClN6O2S/c1-15-4-2-3-5-18(15)21-27-30-20(31)14-19(26-23(30)33-21)28-10-12-29(13-11-28)22(32)25-17-8-6-16(24)7-9-17/h2-9,14H,10-13H2,1H3,(H,25,32). The first-order chi connectivity index (χ1) is 16.0. The first-order valence-corrected chi connectivity index (χ1v) is 11.7. The van der Waals surface area contributed by atoms with E-state index in [1.165, 1.54) is 21.9 Å². The van der Waals surface area contributed by atoms with E-state index in [2.05, 4.69) is 10.4 Å². The smallest absolute Gasteiger partial charge is 0.321 e. The van der Waals surface area contributed by atoms with Crippen LogP contribution in [0.15, 0.2) is 59.4 Å². The van der Waals surface area contributed by atoms with Gasteiger partial charge in [-0.2, -0.15) is 9.61 Å². The Labute approximate surface area is 199 Å². The Morgan fingerprint density at radius 3 is 2.52 bits per heavy atom. The van der Waals surface area contributed by atoms with Crippen molar-refractivity contribution in [1.29, 1.82) is 0 Å². The summed E-state index contributed by atoms with van der Waals surface area (Å²) in [5.41, 5.74) is 2.57. The fraction of sp³-hybridized carbons (Fsp3) is 0.217. The molecule has 1 aliphatic rings. The van der Waals surface area contributed by atoms with Gasteiger partial charge < -0.3 is 15.1 Å². The normalized spacial score (nSPS) is 14.0. The van der Waals surface area contributed by atoms with Gasteiger partial charge in [-0.25, -0.2) is 9.78 Å². The molecule has 4 aromatic rings. The van der Waals surface area contributed by atoms with Crippen LogP contribution in [0.5, 0.6) is 0 Å². The molecule has 10 heteroatoms. The molecule has 1 N–H and O–H groups in total. The summed E-state index contributed by atoms with van der Waals surface area (Å²) in [7, 11) is 0. The number of carbonyl (C=O) groups is 1. The monoisotopic (exact) mass is 480 g/mol. The van der Waals surface area contributed by atoms with Crippen LogP contribution in [-0.2, 0) is 0 Å². The fourth-order valence-electron chi connectivity index (χ4n) is 3.76. The van der Waals surface area contributed by atoms with E-state index in [0.717, 1.165) is 16.1 Å². The van der Waals surface area contributed by atoms with E-state index in [9.17, 15) is 9.59 Å². The van der Waals surface area contributed by atoms with Crippen LogP contribution < -0.4 is 15.8 Å². The second-order valence-corrected chi connectivity index (χ2v) is 9.17. The van der Waals surface area contributed by atoms with Crippen molar-refractivity contribution >= 4 is 45.4 Å². The van der Waals surface area contributed by atoms with E-state index in [4.69, 9.17) is 16.6 Å². The third kappa shape index (κ3) is 4.42. The van der Waals surface area contributed by atoms with E-state index in [-0.39, 0.29) is 11.6 Å². The van der Waals surface area contributed by atoms with Gasteiger partial charge >= 0.3 is 6.03 Å². The summed E-state index contributed by atoms with van der Waals surface area (Å²) in [5, 5.41) is 8.75. The number of amides is 2. The van der Waals surface area contributed by atoms with Crippen molar-refractivity contribution in [2.75, 3.05) is 36.4 Å². The van der Waals surface area contributed by atoms with Crippen LogP contribution in [0, 0.1) is 6.92 Å². The lowest BCUT2D eigenvalue weighted by Crippen LogP contribution is -2.50. The van der Waals surface area contributed by atoms with E-state index in [1.54, 1.807) is 29.2 Å². The molecule has 0 spiro atoms. The number of fused-ring (bicyclic) bond motifs is 1. The highest BCUT2D eigenvalue weighted by Gasteiger charge is 2.23. The Morgan fingerprint density at radius 1 is 1.06 bits per heavy atom. The molecule has 8 nitrogen and oxygen atoms in total. The van der Waals surface area contributed by atoms with Crippen LogP contribution in [0.25, 0.3) is 15.5 Å². The van der Waals surface area contributed by atoms with E-state index in [1.807, 2.05) is 36.1 Å². The Morgan fingerprint density at radius 2 is 1.79 bits per heavy atom. The molecule has 0 bridgehead atoms. The maximum atomic E-state index is 12.7. The summed E-state index contributed by atoms with van der Waals surface area (Å²) >= 11 is 7.29. The molecule has 2 amide bonds. The SMILES string of the molecule is Cc1ccccc1-c1nn2c(=O)cc(N3CCN(C(=O)Nc4ccc(Cl)cc4)CC3)nc2s1. The van der Waals surface area contributed by atoms with Crippen LogP contribution in [0.1, 0.15) is 5.56 Å². The topological polar surface area (TPSA) is 82.8 Å². The zero-order valence-corrected chi connectivity index (χ0v) is 19.4. The number of rotatable bonds is 3. The number of hydrogen-bond donors (Lipinski definition) is 1. The van der Waals surface area contributed by atoms with Gasteiger partial charge in [0.25, 0.3) is 5.56 Å². The van der Waals surface area contributed by atoms with Crippen molar-refractivity contribution < 1.29 is 4.79 Å². The van der Waals surface area contributed by atoms with Gasteiger partial charge in [-0.15, -0.1) is 0 Å². The van der Waals surface area contributed by atoms with Crippen LogP contribution in [0.4, 0.5) is 16.3 Å². The number of nitrogens with one attached hydrogen (secondary N) is 1. The van der Waals surface area contributed by atoms with E-state index < -0.39 is 0 Å². The number of piperazine rings is 1. The maximum absolute atomic E-state index is 12.7. The van der Waals surface area contributed by atoms with Crippen molar-refractivity contribution in [2.45, 2.75) is 6.92 Å². The predicted molar refractivity (Wildman–Crippen MR) is 132 cm³/mol. The van der Waals surface area contributed by atoms with Crippen LogP contribution >= 0.6 is 22.9 Å². The third-order valence-electron chi connectivity index (χ3n) is 5.59. The van der Waals surface area contributed by atoms with Gasteiger partial charge in [0.05, 0.1) is 0 Å². The molecule has 0 atom stereocenters. The number of hydrogen-bond acceptors (Lipinski definition) is 6. The summed E-state index contributed by atoms with van der Waals surface area (Å²) in [6, 6.07) is 16.3. The lowest BCUT2D eigenvalue weighted by atomic mass is 10.1. The zero-order valence-electron chi connectivity index (χ0n) is 17.9. The average molecular weight is 481 g/mol. The molecule has 0 unspecified atom stereocenters. The summed E-state index contributed by atoms with van der Waals surface area (Å²) in [6.07, 6.45) is 0. The highest BCUT2D eigenvalue weighted by Crippen LogP contribution is 2.27. The number of halogens is 1. The molecule has 0 saturated carbocycles. The molecule has 1 saturated heterocycles. The minimum absolute atomic E-state index is 0.161. The molecule has 0 radical (unpaired) electrons. The molecule has 1 aliphatic heterocycles. The molecule has 168 valence electrons. The number of nitrogens with zero attached hydrogens (tertiary/aromatic N) is 5. The van der Waals surface area contributed by atoms with Gasteiger partial charge in [-0.1, -0.05) is 47.2 Å². The Hall–Kier alpha value is -3.43. The van der Waals surface area contributed by atoms with Crippen molar-refractivity contribution in [2.24, 2.45) is 0 Å². The number of urea groups is 1. The van der Waals surface area contributed by atoms with E-state index >= 15 is 0 Å². The first-order valence-electron chi connectivity index (χ1n) is 10.5. The van der Waals surface area contributed by atoms with Gasteiger partial charge in [0.1, 0.15) is 10.8 Å². The van der Waals surface area contributed by atoms with Crippen LogP contribution in [0.2, 0.25) is 5.02 Å². The van der Waals surface area contributed by atoms with E-state index in [0.29, 0.717) is 47.7 Å². The molecule has 0 aliphatic carbocycles. The number of aromatic nitrogens is 3. The average Bonchev–Trinajstić information content (AvgIpc) is 3.25. The van der Waals surface area contributed by atoms with Crippen molar-refractivity contribution in [3.05, 3.63) is 75.5 Å². The quantitative estimate of drug-likeness (QED) is 0.476. The van der Waals surface area contributed by atoms with Crippen LogP contribution in [0.3, 0.4) is 0 Å².